The number of aromatic nitrogens is 1. The molecule has 1 heterocycles. The summed E-state index contributed by atoms with van der Waals surface area (Å²) in [7, 11) is 1.63. The maximum Gasteiger partial charge on any atom is 0.250 e. The Morgan fingerprint density at radius 2 is 2.00 bits per heavy atom. The molecule has 28 heavy (non-hydrogen) atoms. The van der Waals surface area contributed by atoms with Gasteiger partial charge in [-0.1, -0.05) is 19.1 Å². The van der Waals surface area contributed by atoms with Crippen LogP contribution in [0.15, 0.2) is 60.0 Å². The van der Waals surface area contributed by atoms with Crippen molar-refractivity contribution >= 4 is 28.5 Å². The van der Waals surface area contributed by atoms with Gasteiger partial charge < -0.3 is 9.47 Å². The zero-order valence-corrected chi connectivity index (χ0v) is 16.7. The summed E-state index contributed by atoms with van der Waals surface area (Å²) in [6.45, 7) is 2.74. The van der Waals surface area contributed by atoms with Crippen LogP contribution in [0, 0.1) is 0 Å². The number of nitrogens with zero attached hydrogens (tertiary/aromatic N) is 1. The average molecular weight is 394 g/mol. The van der Waals surface area contributed by atoms with Gasteiger partial charge >= 0.3 is 0 Å². The molecule has 1 amide bonds. The van der Waals surface area contributed by atoms with Gasteiger partial charge in [-0.15, -0.1) is 11.3 Å². The largest absolute Gasteiger partial charge is 0.497 e. The predicted octanol–water partition coefficient (Wildman–Crippen LogP) is 5.26. The van der Waals surface area contributed by atoms with Crippen LogP contribution in [-0.4, -0.2) is 24.6 Å². The van der Waals surface area contributed by atoms with Crippen LogP contribution in [0.1, 0.15) is 18.9 Å². The molecule has 0 fully saturated rings. The number of hydrogen-bond donors (Lipinski definition) is 1. The fraction of sp³-hybridized carbons (Fsp3) is 0.182. The first kappa shape index (κ1) is 19.6. The summed E-state index contributed by atoms with van der Waals surface area (Å²) in [5, 5.41) is 5.27. The lowest BCUT2D eigenvalue weighted by Gasteiger charge is -2.04. The van der Waals surface area contributed by atoms with E-state index in [1.54, 1.807) is 13.2 Å². The van der Waals surface area contributed by atoms with Crippen LogP contribution in [0.4, 0.5) is 5.13 Å². The first-order chi connectivity index (χ1) is 13.7. The number of amides is 1. The molecule has 0 aliphatic carbocycles. The molecule has 0 aliphatic heterocycles. The highest BCUT2D eigenvalue weighted by atomic mass is 32.1. The van der Waals surface area contributed by atoms with E-state index in [1.165, 1.54) is 17.4 Å². The molecule has 3 rings (SSSR count). The van der Waals surface area contributed by atoms with Crippen molar-refractivity contribution < 1.29 is 14.3 Å². The quantitative estimate of drug-likeness (QED) is 0.530. The van der Waals surface area contributed by atoms with E-state index in [9.17, 15) is 4.79 Å². The number of thiazole rings is 1. The topological polar surface area (TPSA) is 60.5 Å². The van der Waals surface area contributed by atoms with Gasteiger partial charge in [-0.25, -0.2) is 4.98 Å². The van der Waals surface area contributed by atoms with E-state index in [2.05, 4.69) is 17.2 Å². The van der Waals surface area contributed by atoms with E-state index >= 15 is 0 Å². The summed E-state index contributed by atoms with van der Waals surface area (Å²) < 4.78 is 10.8. The summed E-state index contributed by atoms with van der Waals surface area (Å²) in [5.41, 5.74) is 2.69. The molecule has 1 N–H and O–H groups in total. The lowest BCUT2D eigenvalue weighted by molar-refractivity contribution is -0.111. The molecular formula is C22H22N2O3S. The number of methoxy groups -OCH3 is 1. The Morgan fingerprint density at radius 3 is 2.75 bits per heavy atom. The molecule has 2 aromatic carbocycles. The zero-order valence-electron chi connectivity index (χ0n) is 15.8. The second kappa shape index (κ2) is 9.71. The number of ether oxygens (including phenoxy) is 2. The SMILES string of the molecule is CCCOc1cccc(C=CC(=O)Nc2nc(-c3ccc(OC)cc3)cs2)c1. The number of carbonyl (C=O) groups excluding carboxylic acids is 1. The monoisotopic (exact) mass is 394 g/mol. The van der Waals surface area contributed by atoms with Crippen molar-refractivity contribution in [2.45, 2.75) is 13.3 Å². The lowest BCUT2D eigenvalue weighted by Crippen LogP contribution is -2.07. The number of carbonyl (C=O) groups is 1. The smallest absolute Gasteiger partial charge is 0.250 e. The molecule has 0 unspecified atom stereocenters. The highest BCUT2D eigenvalue weighted by Gasteiger charge is 2.07. The fourth-order valence-corrected chi connectivity index (χ4v) is 3.20. The molecule has 144 valence electrons. The molecule has 0 atom stereocenters. The van der Waals surface area contributed by atoms with Gasteiger partial charge in [0.05, 0.1) is 19.4 Å². The van der Waals surface area contributed by atoms with Crippen molar-refractivity contribution in [2.75, 3.05) is 19.0 Å². The number of anilines is 1. The van der Waals surface area contributed by atoms with Crippen LogP contribution in [0.25, 0.3) is 17.3 Å². The maximum absolute atomic E-state index is 12.2. The van der Waals surface area contributed by atoms with E-state index in [4.69, 9.17) is 9.47 Å². The number of hydrogen-bond acceptors (Lipinski definition) is 5. The van der Waals surface area contributed by atoms with Gasteiger partial charge in [-0.2, -0.15) is 0 Å². The van der Waals surface area contributed by atoms with Crippen LogP contribution < -0.4 is 14.8 Å². The lowest BCUT2D eigenvalue weighted by atomic mass is 10.2. The Kier molecular flexibility index (Phi) is 6.81. The van der Waals surface area contributed by atoms with Crippen LogP contribution in [0.2, 0.25) is 0 Å². The van der Waals surface area contributed by atoms with Gasteiger partial charge in [0, 0.05) is 17.0 Å². The van der Waals surface area contributed by atoms with Gasteiger partial charge in [-0.3, -0.25) is 10.1 Å². The zero-order chi connectivity index (χ0) is 19.8. The maximum atomic E-state index is 12.2. The summed E-state index contributed by atoms with van der Waals surface area (Å²) in [5.74, 6) is 1.37. The Bertz CT molecular complexity index is 948. The van der Waals surface area contributed by atoms with Crippen LogP contribution >= 0.6 is 11.3 Å². The molecule has 0 saturated carbocycles. The molecule has 0 saturated heterocycles. The van der Waals surface area contributed by atoms with Crippen LogP contribution in [-0.2, 0) is 4.79 Å². The summed E-state index contributed by atoms with van der Waals surface area (Å²) >= 11 is 1.39. The molecule has 5 nitrogen and oxygen atoms in total. The highest BCUT2D eigenvalue weighted by Crippen LogP contribution is 2.26. The third-order valence-electron chi connectivity index (χ3n) is 3.88. The summed E-state index contributed by atoms with van der Waals surface area (Å²) in [6.07, 6.45) is 4.20. The number of nitrogens with one attached hydrogen (secondary N) is 1. The Morgan fingerprint density at radius 1 is 1.18 bits per heavy atom. The average Bonchev–Trinajstić information content (AvgIpc) is 3.19. The fourth-order valence-electron chi connectivity index (χ4n) is 2.47. The minimum absolute atomic E-state index is 0.226. The van der Waals surface area contributed by atoms with Gasteiger partial charge in [0.25, 0.3) is 0 Å². The van der Waals surface area contributed by atoms with Gasteiger partial charge in [-0.05, 0) is 54.5 Å². The van der Waals surface area contributed by atoms with Crippen molar-refractivity contribution in [2.24, 2.45) is 0 Å². The normalized spacial score (nSPS) is 10.8. The van der Waals surface area contributed by atoms with E-state index < -0.39 is 0 Å². The molecule has 3 aromatic rings. The van der Waals surface area contributed by atoms with Crippen LogP contribution in [0.5, 0.6) is 11.5 Å². The first-order valence-electron chi connectivity index (χ1n) is 9.00. The standard InChI is InChI=1S/C22H22N2O3S/c1-3-13-27-19-6-4-5-16(14-19)7-12-21(25)24-22-23-20(15-28-22)17-8-10-18(26-2)11-9-17/h4-12,14-15H,3,13H2,1-2H3,(H,23,24,25). The van der Waals surface area contributed by atoms with Crippen LogP contribution in [0.3, 0.4) is 0 Å². The first-order valence-corrected chi connectivity index (χ1v) is 9.88. The second-order valence-corrected chi connectivity index (χ2v) is 6.87. The molecule has 0 aliphatic rings. The van der Waals surface area contributed by atoms with E-state index in [1.807, 2.05) is 53.9 Å². The Hall–Kier alpha value is -3.12. The molecule has 6 heteroatoms. The minimum atomic E-state index is -0.226. The number of benzene rings is 2. The third-order valence-corrected chi connectivity index (χ3v) is 4.64. The van der Waals surface area contributed by atoms with Gasteiger partial charge in [0.2, 0.25) is 5.91 Å². The second-order valence-electron chi connectivity index (χ2n) is 6.01. The number of rotatable bonds is 8. The molecule has 0 bridgehead atoms. The summed E-state index contributed by atoms with van der Waals surface area (Å²) in [4.78, 5) is 16.7. The molecular weight excluding hydrogens is 372 g/mol. The van der Waals surface area contributed by atoms with Crippen molar-refractivity contribution in [1.82, 2.24) is 4.98 Å². The van der Waals surface area contributed by atoms with Crippen molar-refractivity contribution in [3.05, 3.63) is 65.6 Å². The third kappa shape index (κ3) is 5.44. The Balaban J connectivity index is 1.60. The summed E-state index contributed by atoms with van der Waals surface area (Å²) in [6, 6.07) is 15.3. The Labute approximate surface area is 168 Å². The van der Waals surface area contributed by atoms with E-state index in [0.29, 0.717) is 11.7 Å². The van der Waals surface area contributed by atoms with Gasteiger partial charge in [0.1, 0.15) is 11.5 Å². The van der Waals surface area contributed by atoms with Gasteiger partial charge in [0.15, 0.2) is 5.13 Å². The molecule has 0 radical (unpaired) electrons. The highest BCUT2D eigenvalue weighted by molar-refractivity contribution is 7.14. The minimum Gasteiger partial charge on any atom is -0.497 e. The van der Waals surface area contributed by atoms with E-state index in [-0.39, 0.29) is 5.91 Å². The predicted molar refractivity (Wildman–Crippen MR) is 114 cm³/mol. The molecule has 1 aromatic heterocycles. The van der Waals surface area contributed by atoms with Crippen molar-refractivity contribution in [1.29, 1.82) is 0 Å². The van der Waals surface area contributed by atoms with E-state index in [0.717, 1.165) is 34.7 Å². The molecule has 0 spiro atoms. The van der Waals surface area contributed by atoms with Crippen molar-refractivity contribution in [3.8, 4) is 22.8 Å². The van der Waals surface area contributed by atoms with Crippen molar-refractivity contribution in [3.63, 3.8) is 0 Å².